The standard InChI is InChI=1S/C15H19F3N2/c1-10(2)12-6-7-13(15(16,17)18)19-14(12)20-8-4-5-11(3)9-20/h6-7,11H,1,4-5,8-9H2,2-3H3. The molecule has 20 heavy (non-hydrogen) atoms. The van der Waals surface area contributed by atoms with E-state index in [1.54, 1.807) is 6.92 Å². The number of rotatable bonds is 2. The molecule has 1 atom stereocenters. The van der Waals surface area contributed by atoms with E-state index in [2.05, 4.69) is 18.5 Å². The lowest BCUT2D eigenvalue weighted by Gasteiger charge is -2.33. The number of hydrogen-bond acceptors (Lipinski definition) is 2. The van der Waals surface area contributed by atoms with E-state index in [4.69, 9.17) is 0 Å². The predicted molar refractivity (Wildman–Crippen MR) is 74.6 cm³/mol. The van der Waals surface area contributed by atoms with Gasteiger partial charge in [0.05, 0.1) is 0 Å². The summed E-state index contributed by atoms with van der Waals surface area (Å²) in [6.45, 7) is 9.24. The average Bonchev–Trinajstić information content (AvgIpc) is 2.37. The molecule has 0 N–H and O–H groups in total. The fourth-order valence-corrected chi connectivity index (χ4v) is 2.56. The van der Waals surface area contributed by atoms with Crippen LogP contribution in [0.4, 0.5) is 19.0 Å². The summed E-state index contributed by atoms with van der Waals surface area (Å²) < 4.78 is 38.5. The molecule has 1 saturated heterocycles. The Labute approximate surface area is 117 Å². The van der Waals surface area contributed by atoms with Gasteiger partial charge in [0, 0.05) is 18.7 Å². The van der Waals surface area contributed by atoms with Crippen molar-refractivity contribution in [1.82, 2.24) is 4.98 Å². The van der Waals surface area contributed by atoms with Crippen LogP contribution in [0.15, 0.2) is 18.7 Å². The summed E-state index contributed by atoms with van der Waals surface area (Å²) in [5.74, 6) is 0.886. The highest BCUT2D eigenvalue weighted by Crippen LogP contribution is 2.33. The van der Waals surface area contributed by atoms with Crippen LogP contribution in [0.1, 0.15) is 37.9 Å². The zero-order chi connectivity index (χ0) is 14.9. The van der Waals surface area contributed by atoms with E-state index in [1.165, 1.54) is 6.07 Å². The van der Waals surface area contributed by atoms with Crippen molar-refractivity contribution in [3.05, 3.63) is 30.0 Å². The van der Waals surface area contributed by atoms with E-state index < -0.39 is 11.9 Å². The lowest BCUT2D eigenvalue weighted by molar-refractivity contribution is -0.141. The number of hydrogen-bond donors (Lipinski definition) is 0. The third-order valence-corrected chi connectivity index (χ3v) is 3.58. The van der Waals surface area contributed by atoms with Crippen molar-refractivity contribution in [1.29, 1.82) is 0 Å². The molecule has 0 saturated carbocycles. The second-order valence-electron chi connectivity index (χ2n) is 5.54. The summed E-state index contributed by atoms with van der Waals surface area (Å²) in [4.78, 5) is 5.82. The van der Waals surface area contributed by atoms with Gasteiger partial charge < -0.3 is 4.90 Å². The summed E-state index contributed by atoms with van der Waals surface area (Å²) in [6.07, 6.45) is -2.32. The van der Waals surface area contributed by atoms with E-state index in [9.17, 15) is 13.2 Å². The Morgan fingerprint density at radius 3 is 2.65 bits per heavy atom. The number of halogens is 3. The summed E-state index contributed by atoms with van der Waals surface area (Å²) in [7, 11) is 0. The topological polar surface area (TPSA) is 16.1 Å². The molecular formula is C15H19F3N2. The average molecular weight is 284 g/mol. The molecule has 0 aromatic carbocycles. The van der Waals surface area contributed by atoms with Crippen LogP contribution in [0.2, 0.25) is 0 Å². The van der Waals surface area contributed by atoms with Crippen molar-refractivity contribution >= 4 is 11.4 Å². The van der Waals surface area contributed by atoms with Crippen LogP contribution in [-0.4, -0.2) is 18.1 Å². The van der Waals surface area contributed by atoms with Crippen LogP contribution in [-0.2, 0) is 6.18 Å². The second-order valence-corrected chi connectivity index (χ2v) is 5.54. The van der Waals surface area contributed by atoms with Gasteiger partial charge >= 0.3 is 6.18 Å². The quantitative estimate of drug-likeness (QED) is 0.801. The molecule has 1 aliphatic heterocycles. The highest BCUT2D eigenvalue weighted by atomic mass is 19.4. The van der Waals surface area contributed by atoms with Gasteiger partial charge in [0.1, 0.15) is 11.5 Å². The van der Waals surface area contributed by atoms with E-state index >= 15 is 0 Å². The minimum Gasteiger partial charge on any atom is -0.356 e. The first kappa shape index (κ1) is 14.9. The number of alkyl halides is 3. The van der Waals surface area contributed by atoms with Crippen molar-refractivity contribution < 1.29 is 13.2 Å². The molecular weight excluding hydrogens is 265 g/mol. The van der Waals surface area contributed by atoms with Crippen molar-refractivity contribution in [2.24, 2.45) is 5.92 Å². The molecule has 0 aliphatic carbocycles. The maximum Gasteiger partial charge on any atom is 0.433 e. The van der Waals surface area contributed by atoms with Gasteiger partial charge in [-0.15, -0.1) is 0 Å². The molecule has 1 fully saturated rings. The number of allylic oxidation sites excluding steroid dienone is 1. The minimum absolute atomic E-state index is 0.416. The molecule has 1 aromatic heterocycles. The Morgan fingerprint density at radius 2 is 2.10 bits per heavy atom. The van der Waals surface area contributed by atoms with E-state index in [0.717, 1.165) is 37.6 Å². The van der Waals surface area contributed by atoms with Crippen LogP contribution in [0.3, 0.4) is 0 Å². The first-order valence-electron chi connectivity index (χ1n) is 6.78. The van der Waals surface area contributed by atoms with Crippen molar-refractivity contribution in [3.63, 3.8) is 0 Å². The third kappa shape index (κ3) is 3.14. The number of pyridine rings is 1. The van der Waals surface area contributed by atoms with Gasteiger partial charge in [-0.1, -0.05) is 13.5 Å². The molecule has 1 unspecified atom stereocenters. The lowest BCUT2D eigenvalue weighted by Crippen LogP contribution is -2.35. The summed E-state index contributed by atoms with van der Waals surface area (Å²) in [5.41, 5.74) is 0.599. The number of anilines is 1. The Hall–Kier alpha value is -1.52. The fourth-order valence-electron chi connectivity index (χ4n) is 2.56. The first-order chi connectivity index (χ1) is 9.29. The zero-order valence-corrected chi connectivity index (χ0v) is 11.8. The molecule has 2 nitrogen and oxygen atoms in total. The molecule has 110 valence electrons. The maximum absolute atomic E-state index is 12.8. The maximum atomic E-state index is 12.8. The van der Waals surface area contributed by atoms with Gasteiger partial charge in [0.25, 0.3) is 0 Å². The van der Waals surface area contributed by atoms with E-state index in [1.807, 2.05) is 4.90 Å². The summed E-state index contributed by atoms with van der Waals surface area (Å²) >= 11 is 0. The van der Waals surface area contributed by atoms with Crippen LogP contribution in [0.25, 0.3) is 5.57 Å². The molecule has 1 aliphatic rings. The van der Waals surface area contributed by atoms with Gasteiger partial charge in [-0.25, -0.2) is 4.98 Å². The monoisotopic (exact) mass is 284 g/mol. The predicted octanol–water partition coefficient (Wildman–Crippen LogP) is 4.37. The largest absolute Gasteiger partial charge is 0.433 e. The SMILES string of the molecule is C=C(C)c1ccc(C(F)(F)F)nc1N1CCCC(C)C1. The van der Waals surface area contributed by atoms with Crippen molar-refractivity contribution in [3.8, 4) is 0 Å². The van der Waals surface area contributed by atoms with Crippen molar-refractivity contribution in [2.45, 2.75) is 32.9 Å². The number of aromatic nitrogens is 1. The fraction of sp³-hybridized carbons (Fsp3) is 0.533. The Balaban J connectivity index is 2.44. The van der Waals surface area contributed by atoms with Gasteiger partial charge in [-0.2, -0.15) is 13.2 Å². The molecule has 5 heteroatoms. The van der Waals surface area contributed by atoms with Gasteiger partial charge in [-0.05, 0) is 43.4 Å². The lowest BCUT2D eigenvalue weighted by atomic mass is 9.99. The molecule has 2 rings (SSSR count). The molecule has 0 bridgehead atoms. The van der Waals surface area contributed by atoms with E-state index in [-0.39, 0.29) is 0 Å². The molecule has 0 radical (unpaired) electrons. The smallest absolute Gasteiger partial charge is 0.356 e. The minimum atomic E-state index is -4.41. The van der Waals surface area contributed by atoms with Crippen LogP contribution in [0.5, 0.6) is 0 Å². The Morgan fingerprint density at radius 1 is 1.40 bits per heavy atom. The van der Waals surface area contributed by atoms with Gasteiger partial charge in [0.2, 0.25) is 0 Å². The molecule has 0 spiro atoms. The molecule has 2 heterocycles. The second kappa shape index (κ2) is 5.46. The van der Waals surface area contributed by atoms with E-state index in [0.29, 0.717) is 17.3 Å². The first-order valence-corrected chi connectivity index (χ1v) is 6.78. The van der Waals surface area contributed by atoms with Gasteiger partial charge in [-0.3, -0.25) is 0 Å². The Kier molecular flexibility index (Phi) is 4.06. The van der Waals surface area contributed by atoms with Crippen LogP contribution >= 0.6 is 0 Å². The number of piperidine rings is 1. The summed E-state index contributed by atoms with van der Waals surface area (Å²) in [6, 6.07) is 2.51. The van der Waals surface area contributed by atoms with Crippen LogP contribution in [0, 0.1) is 5.92 Å². The van der Waals surface area contributed by atoms with Crippen molar-refractivity contribution in [2.75, 3.05) is 18.0 Å². The highest BCUT2D eigenvalue weighted by molar-refractivity contribution is 5.72. The Bertz CT molecular complexity index is 508. The third-order valence-electron chi connectivity index (χ3n) is 3.58. The molecule has 1 aromatic rings. The summed E-state index contributed by atoms with van der Waals surface area (Å²) in [5, 5.41) is 0. The van der Waals surface area contributed by atoms with Gasteiger partial charge in [0.15, 0.2) is 0 Å². The molecule has 0 amide bonds. The van der Waals surface area contributed by atoms with Crippen LogP contribution < -0.4 is 4.90 Å². The highest BCUT2D eigenvalue weighted by Gasteiger charge is 2.34. The number of nitrogens with zero attached hydrogens (tertiary/aromatic N) is 2. The normalized spacial score (nSPS) is 20.1. The zero-order valence-electron chi connectivity index (χ0n) is 11.8.